The lowest BCUT2D eigenvalue weighted by Crippen LogP contribution is -2.61. The highest BCUT2D eigenvalue weighted by Crippen LogP contribution is 2.33. The predicted octanol–water partition coefficient (Wildman–Crippen LogP) is 2.69. The van der Waals surface area contributed by atoms with Gasteiger partial charge < -0.3 is 14.7 Å². The molecule has 0 aromatic heterocycles. The molecule has 20 heavy (non-hydrogen) atoms. The predicted molar refractivity (Wildman–Crippen MR) is 77.5 cm³/mol. The molecule has 1 aromatic rings. The number of aryl methyl sites for hydroxylation is 1. The molecule has 0 radical (unpaired) electrons. The molecule has 1 fully saturated rings. The average Bonchev–Trinajstić information content (AvgIpc) is 2.33. The Balaban J connectivity index is 2.01. The zero-order chi connectivity index (χ0) is 15.0. The fourth-order valence-corrected chi connectivity index (χ4v) is 2.30. The Labute approximate surface area is 120 Å². The third-order valence-electron chi connectivity index (χ3n) is 3.43. The van der Waals surface area contributed by atoms with Gasteiger partial charge in [-0.2, -0.15) is 0 Å². The Kier molecular flexibility index (Phi) is 3.78. The summed E-state index contributed by atoms with van der Waals surface area (Å²) in [6, 6.07) is 7.90. The third kappa shape index (κ3) is 3.12. The van der Waals surface area contributed by atoms with Gasteiger partial charge in [0.2, 0.25) is 0 Å². The second kappa shape index (κ2) is 5.09. The molecule has 1 heterocycles. The minimum absolute atomic E-state index is 0.287. The summed E-state index contributed by atoms with van der Waals surface area (Å²) < 4.78 is 5.29. The summed E-state index contributed by atoms with van der Waals surface area (Å²) in [6.07, 6.45) is 0.563. The van der Waals surface area contributed by atoms with E-state index in [0.29, 0.717) is 0 Å². The molecule has 110 valence electrons. The van der Waals surface area contributed by atoms with Crippen LogP contribution in [0.1, 0.15) is 38.8 Å². The highest BCUT2D eigenvalue weighted by atomic mass is 16.6. The topological polar surface area (TPSA) is 49.8 Å². The van der Waals surface area contributed by atoms with Crippen molar-refractivity contribution in [2.45, 2.75) is 45.3 Å². The lowest BCUT2D eigenvalue weighted by Gasteiger charge is -2.46. The lowest BCUT2D eigenvalue weighted by atomic mass is 9.85. The van der Waals surface area contributed by atoms with Gasteiger partial charge >= 0.3 is 6.09 Å². The fourth-order valence-electron chi connectivity index (χ4n) is 2.30. The normalized spacial score (nSPS) is 17.6. The zero-order valence-electron chi connectivity index (χ0n) is 12.6. The van der Waals surface area contributed by atoms with Crippen LogP contribution in [0.5, 0.6) is 0 Å². The van der Waals surface area contributed by atoms with Gasteiger partial charge in [-0.05, 0) is 38.3 Å². The second-order valence-corrected chi connectivity index (χ2v) is 6.42. The minimum atomic E-state index is -0.942. The van der Waals surface area contributed by atoms with Crippen molar-refractivity contribution in [2.24, 2.45) is 0 Å². The number of β-amino-alcohol motifs (C(OH)–C–C–N with tert-alkyl or cyclic N) is 1. The van der Waals surface area contributed by atoms with Crippen LogP contribution in [0, 0.1) is 0 Å². The molecule has 0 spiro atoms. The molecule has 2 rings (SSSR count). The van der Waals surface area contributed by atoms with Crippen LogP contribution in [0.2, 0.25) is 0 Å². The van der Waals surface area contributed by atoms with Crippen molar-refractivity contribution in [1.82, 2.24) is 4.90 Å². The number of nitrogens with zero attached hydrogens (tertiary/aromatic N) is 1. The molecular formula is C16H23NO3. The number of hydrogen-bond acceptors (Lipinski definition) is 3. The van der Waals surface area contributed by atoms with E-state index in [9.17, 15) is 9.90 Å². The molecule has 1 aromatic carbocycles. The van der Waals surface area contributed by atoms with E-state index in [0.717, 1.165) is 12.0 Å². The Hall–Kier alpha value is -1.55. The van der Waals surface area contributed by atoms with E-state index in [4.69, 9.17) is 4.74 Å². The molecular weight excluding hydrogens is 254 g/mol. The van der Waals surface area contributed by atoms with Gasteiger partial charge in [-0.25, -0.2) is 4.79 Å². The summed E-state index contributed by atoms with van der Waals surface area (Å²) in [5, 5.41) is 10.6. The lowest BCUT2D eigenvalue weighted by molar-refractivity contribution is -0.103. The van der Waals surface area contributed by atoms with E-state index in [-0.39, 0.29) is 19.2 Å². The van der Waals surface area contributed by atoms with E-state index < -0.39 is 11.2 Å². The molecule has 1 aliphatic heterocycles. The summed E-state index contributed by atoms with van der Waals surface area (Å²) in [5.74, 6) is 0. The Morgan fingerprint density at radius 3 is 2.60 bits per heavy atom. The van der Waals surface area contributed by atoms with Gasteiger partial charge in [0.1, 0.15) is 11.2 Å². The number of carbonyl (C=O) groups is 1. The molecule has 0 atom stereocenters. The minimum Gasteiger partial charge on any atom is -0.444 e. The van der Waals surface area contributed by atoms with Crippen molar-refractivity contribution in [3.05, 3.63) is 35.4 Å². The van der Waals surface area contributed by atoms with Gasteiger partial charge in [-0.3, -0.25) is 0 Å². The monoisotopic (exact) mass is 277 g/mol. The Bertz CT molecular complexity index is 499. The number of amides is 1. The van der Waals surface area contributed by atoms with Crippen molar-refractivity contribution in [3.8, 4) is 0 Å². The average molecular weight is 277 g/mol. The van der Waals surface area contributed by atoms with E-state index in [1.54, 1.807) is 0 Å². The maximum absolute atomic E-state index is 11.9. The van der Waals surface area contributed by atoms with Crippen LogP contribution in [0.15, 0.2) is 24.3 Å². The number of rotatable bonds is 2. The summed E-state index contributed by atoms with van der Waals surface area (Å²) in [7, 11) is 0. The largest absolute Gasteiger partial charge is 0.444 e. The van der Waals surface area contributed by atoms with Crippen molar-refractivity contribution in [1.29, 1.82) is 0 Å². The van der Waals surface area contributed by atoms with Gasteiger partial charge in [-0.15, -0.1) is 0 Å². The maximum atomic E-state index is 11.9. The van der Waals surface area contributed by atoms with Crippen molar-refractivity contribution in [2.75, 3.05) is 13.1 Å². The molecule has 1 N–H and O–H groups in total. The van der Waals surface area contributed by atoms with Crippen LogP contribution in [0.25, 0.3) is 0 Å². The molecule has 0 saturated carbocycles. The van der Waals surface area contributed by atoms with Crippen LogP contribution in [-0.2, 0) is 16.8 Å². The van der Waals surface area contributed by atoms with E-state index in [2.05, 4.69) is 6.92 Å². The number of likely N-dealkylation sites (tertiary alicyclic amines) is 1. The molecule has 1 amide bonds. The SMILES string of the molecule is CCc1cccc(C2(O)CN(C(=O)OC(C)(C)C)C2)c1. The van der Waals surface area contributed by atoms with Gasteiger partial charge in [-0.1, -0.05) is 31.2 Å². The second-order valence-electron chi connectivity index (χ2n) is 6.42. The standard InChI is InChI=1S/C16H23NO3/c1-5-12-7-6-8-13(9-12)16(19)10-17(11-16)14(18)20-15(2,3)4/h6-9,19H,5,10-11H2,1-4H3. The number of ether oxygens (including phenoxy) is 1. The van der Waals surface area contributed by atoms with Crippen LogP contribution in [0.4, 0.5) is 4.79 Å². The quantitative estimate of drug-likeness (QED) is 0.904. The summed E-state index contributed by atoms with van der Waals surface area (Å²) in [4.78, 5) is 13.4. The number of benzene rings is 1. The highest BCUT2D eigenvalue weighted by Gasteiger charge is 2.46. The highest BCUT2D eigenvalue weighted by molar-refractivity contribution is 5.70. The summed E-state index contributed by atoms with van der Waals surface area (Å²) >= 11 is 0. The van der Waals surface area contributed by atoms with Gasteiger partial charge in [0.05, 0.1) is 13.1 Å². The van der Waals surface area contributed by atoms with Crippen LogP contribution in [0.3, 0.4) is 0 Å². The molecule has 0 bridgehead atoms. The van der Waals surface area contributed by atoms with E-state index in [1.165, 1.54) is 10.5 Å². The Morgan fingerprint density at radius 1 is 1.40 bits per heavy atom. The molecule has 4 heteroatoms. The first-order valence-corrected chi connectivity index (χ1v) is 7.03. The number of hydrogen-bond donors (Lipinski definition) is 1. The van der Waals surface area contributed by atoms with Gasteiger partial charge in [0, 0.05) is 0 Å². The van der Waals surface area contributed by atoms with E-state index >= 15 is 0 Å². The molecule has 1 aliphatic rings. The third-order valence-corrected chi connectivity index (χ3v) is 3.43. The first-order valence-electron chi connectivity index (χ1n) is 7.03. The summed E-state index contributed by atoms with van der Waals surface area (Å²) in [5.41, 5.74) is 0.609. The molecule has 0 unspecified atom stereocenters. The number of carbonyl (C=O) groups excluding carboxylic acids is 1. The Morgan fingerprint density at radius 2 is 2.05 bits per heavy atom. The first kappa shape index (κ1) is 14.9. The maximum Gasteiger partial charge on any atom is 0.410 e. The first-order chi connectivity index (χ1) is 9.23. The number of aliphatic hydroxyl groups is 1. The van der Waals surface area contributed by atoms with Crippen LogP contribution in [-0.4, -0.2) is 34.8 Å². The van der Waals surface area contributed by atoms with Crippen molar-refractivity contribution >= 4 is 6.09 Å². The molecule has 1 saturated heterocycles. The molecule has 4 nitrogen and oxygen atoms in total. The van der Waals surface area contributed by atoms with Gasteiger partial charge in [0.15, 0.2) is 0 Å². The van der Waals surface area contributed by atoms with Crippen LogP contribution < -0.4 is 0 Å². The van der Waals surface area contributed by atoms with Crippen molar-refractivity contribution in [3.63, 3.8) is 0 Å². The van der Waals surface area contributed by atoms with E-state index in [1.807, 2.05) is 45.0 Å². The zero-order valence-corrected chi connectivity index (χ0v) is 12.6. The molecule has 0 aliphatic carbocycles. The van der Waals surface area contributed by atoms with Crippen LogP contribution >= 0.6 is 0 Å². The summed E-state index contributed by atoms with van der Waals surface area (Å²) in [6.45, 7) is 8.16. The smallest absolute Gasteiger partial charge is 0.410 e. The van der Waals surface area contributed by atoms with Crippen molar-refractivity contribution < 1.29 is 14.6 Å². The fraction of sp³-hybridized carbons (Fsp3) is 0.562. The van der Waals surface area contributed by atoms with Gasteiger partial charge in [0.25, 0.3) is 0 Å².